The van der Waals surface area contributed by atoms with Gasteiger partial charge in [-0.25, -0.2) is 0 Å². The summed E-state index contributed by atoms with van der Waals surface area (Å²) in [6.45, 7) is 4.00. The summed E-state index contributed by atoms with van der Waals surface area (Å²) in [6.07, 6.45) is 0.753. The molecule has 0 aliphatic carbocycles. The number of rotatable bonds is 3. The van der Waals surface area contributed by atoms with E-state index < -0.39 is 0 Å². The highest BCUT2D eigenvalue weighted by atomic mass is 16.5. The van der Waals surface area contributed by atoms with Crippen LogP contribution in [0.2, 0.25) is 0 Å². The third-order valence-corrected chi connectivity index (χ3v) is 2.74. The molecule has 4 nitrogen and oxygen atoms in total. The molecule has 2 N–H and O–H groups in total. The molecule has 17 heavy (non-hydrogen) atoms. The lowest BCUT2D eigenvalue weighted by Crippen LogP contribution is -1.93. The van der Waals surface area contributed by atoms with E-state index in [4.69, 9.17) is 15.0 Å². The number of methoxy groups -OCH3 is 1. The van der Waals surface area contributed by atoms with Gasteiger partial charge in [0.05, 0.1) is 12.7 Å². The van der Waals surface area contributed by atoms with Gasteiger partial charge in [-0.05, 0) is 31.0 Å². The summed E-state index contributed by atoms with van der Waals surface area (Å²) in [4.78, 5) is 0. The minimum Gasteiger partial charge on any atom is -0.496 e. The topological polar surface area (TPSA) is 61.3 Å². The molecule has 0 aliphatic heterocycles. The Morgan fingerprint density at radius 2 is 2.18 bits per heavy atom. The minimum atomic E-state index is 0.582. The van der Waals surface area contributed by atoms with Gasteiger partial charge in [-0.1, -0.05) is 18.1 Å². The molecule has 0 unspecified atom stereocenters. The second kappa shape index (κ2) is 4.49. The average molecular weight is 232 g/mol. The van der Waals surface area contributed by atoms with E-state index in [2.05, 4.69) is 5.16 Å². The number of anilines is 1. The van der Waals surface area contributed by atoms with E-state index >= 15 is 0 Å². The molecule has 2 aromatic rings. The number of hydrogen-bond donors (Lipinski definition) is 1. The minimum absolute atomic E-state index is 0.582. The summed E-state index contributed by atoms with van der Waals surface area (Å²) >= 11 is 0. The molecule has 0 bridgehead atoms. The van der Waals surface area contributed by atoms with E-state index in [1.54, 1.807) is 7.11 Å². The monoisotopic (exact) mass is 232 g/mol. The van der Waals surface area contributed by atoms with E-state index in [9.17, 15) is 0 Å². The fraction of sp³-hybridized carbons (Fsp3) is 0.308. The second-order valence-electron chi connectivity index (χ2n) is 3.93. The molecule has 0 radical (unpaired) electrons. The Hall–Kier alpha value is -1.97. The van der Waals surface area contributed by atoms with Crippen LogP contribution in [0, 0.1) is 6.92 Å². The number of hydrogen-bond acceptors (Lipinski definition) is 4. The molecule has 1 aromatic heterocycles. The third-order valence-electron chi connectivity index (χ3n) is 2.74. The molecular formula is C13H16N2O2. The number of nitrogen functional groups attached to an aromatic ring is 1. The van der Waals surface area contributed by atoms with Crippen LogP contribution in [0.3, 0.4) is 0 Å². The molecule has 90 valence electrons. The molecule has 4 heteroatoms. The van der Waals surface area contributed by atoms with Crippen molar-refractivity contribution in [1.82, 2.24) is 5.16 Å². The molecule has 1 aromatic carbocycles. The van der Waals surface area contributed by atoms with Crippen LogP contribution in [-0.2, 0) is 6.42 Å². The van der Waals surface area contributed by atoms with Crippen molar-refractivity contribution in [2.24, 2.45) is 0 Å². The SMILES string of the molecule is CCc1noc(-c2ccc(C)cc2OC)c1N. The molecule has 2 rings (SSSR count). The van der Waals surface area contributed by atoms with Crippen molar-refractivity contribution in [3.8, 4) is 17.1 Å². The zero-order valence-electron chi connectivity index (χ0n) is 10.3. The van der Waals surface area contributed by atoms with Crippen LogP contribution in [0.15, 0.2) is 22.7 Å². The van der Waals surface area contributed by atoms with Gasteiger partial charge >= 0.3 is 0 Å². The van der Waals surface area contributed by atoms with Crippen LogP contribution >= 0.6 is 0 Å². The van der Waals surface area contributed by atoms with Gasteiger partial charge < -0.3 is 15.0 Å². The van der Waals surface area contributed by atoms with Crippen LogP contribution in [0.25, 0.3) is 11.3 Å². The molecule has 0 atom stereocenters. The van der Waals surface area contributed by atoms with Crippen molar-refractivity contribution >= 4 is 5.69 Å². The second-order valence-corrected chi connectivity index (χ2v) is 3.93. The fourth-order valence-corrected chi connectivity index (χ4v) is 1.77. The van der Waals surface area contributed by atoms with Crippen LogP contribution < -0.4 is 10.5 Å². The van der Waals surface area contributed by atoms with Gasteiger partial charge in [-0.3, -0.25) is 0 Å². The quantitative estimate of drug-likeness (QED) is 0.883. The summed E-state index contributed by atoms with van der Waals surface area (Å²) in [5, 5.41) is 3.95. The Morgan fingerprint density at radius 1 is 1.41 bits per heavy atom. The van der Waals surface area contributed by atoms with Crippen molar-refractivity contribution in [3.63, 3.8) is 0 Å². The Morgan fingerprint density at radius 3 is 2.76 bits per heavy atom. The Bertz CT molecular complexity index is 532. The first-order chi connectivity index (χ1) is 8.17. The van der Waals surface area contributed by atoms with E-state index in [-0.39, 0.29) is 0 Å². The largest absolute Gasteiger partial charge is 0.496 e. The first-order valence-electron chi connectivity index (χ1n) is 5.56. The van der Waals surface area contributed by atoms with Gasteiger partial charge in [0.15, 0.2) is 5.76 Å². The summed E-state index contributed by atoms with van der Waals surface area (Å²) in [6, 6.07) is 5.87. The van der Waals surface area contributed by atoms with Crippen molar-refractivity contribution in [2.75, 3.05) is 12.8 Å². The van der Waals surface area contributed by atoms with Gasteiger partial charge in [0.1, 0.15) is 17.1 Å². The van der Waals surface area contributed by atoms with Crippen molar-refractivity contribution < 1.29 is 9.26 Å². The van der Waals surface area contributed by atoms with E-state index in [0.29, 0.717) is 11.4 Å². The summed E-state index contributed by atoms with van der Waals surface area (Å²) in [5.74, 6) is 1.33. The first kappa shape index (κ1) is 11.5. The van der Waals surface area contributed by atoms with E-state index in [1.807, 2.05) is 32.0 Å². The summed E-state index contributed by atoms with van der Waals surface area (Å²) < 4.78 is 10.6. The molecule has 0 saturated heterocycles. The van der Waals surface area contributed by atoms with E-state index in [0.717, 1.165) is 29.0 Å². The summed E-state index contributed by atoms with van der Waals surface area (Å²) in [5.41, 5.74) is 9.33. The lowest BCUT2D eigenvalue weighted by Gasteiger charge is -2.07. The number of ether oxygens (including phenoxy) is 1. The first-order valence-corrected chi connectivity index (χ1v) is 5.56. The fourth-order valence-electron chi connectivity index (χ4n) is 1.77. The lowest BCUT2D eigenvalue weighted by atomic mass is 10.1. The van der Waals surface area contributed by atoms with Crippen LogP contribution in [0.4, 0.5) is 5.69 Å². The maximum absolute atomic E-state index is 6.00. The van der Waals surface area contributed by atoms with Gasteiger partial charge in [0.2, 0.25) is 0 Å². The molecule has 0 amide bonds. The predicted octanol–water partition coefficient (Wildman–Crippen LogP) is 2.80. The molecule has 1 heterocycles. The zero-order chi connectivity index (χ0) is 12.4. The van der Waals surface area contributed by atoms with Crippen molar-refractivity contribution in [2.45, 2.75) is 20.3 Å². The van der Waals surface area contributed by atoms with Crippen LogP contribution in [-0.4, -0.2) is 12.3 Å². The third kappa shape index (κ3) is 1.98. The molecular weight excluding hydrogens is 216 g/mol. The number of aryl methyl sites for hydroxylation is 2. The molecule has 0 spiro atoms. The van der Waals surface area contributed by atoms with Crippen LogP contribution in [0.5, 0.6) is 5.75 Å². The molecule has 0 saturated carbocycles. The lowest BCUT2D eigenvalue weighted by molar-refractivity contribution is 0.404. The van der Waals surface area contributed by atoms with Gasteiger partial charge in [0, 0.05) is 0 Å². The summed E-state index contributed by atoms with van der Waals surface area (Å²) in [7, 11) is 1.63. The van der Waals surface area contributed by atoms with Gasteiger partial charge in [0.25, 0.3) is 0 Å². The number of nitrogens with zero attached hydrogens (tertiary/aromatic N) is 1. The Balaban J connectivity index is 2.56. The van der Waals surface area contributed by atoms with E-state index in [1.165, 1.54) is 0 Å². The Kier molecular flexibility index (Phi) is 3.04. The van der Waals surface area contributed by atoms with Gasteiger partial charge in [-0.15, -0.1) is 0 Å². The zero-order valence-corrected chi connectivity index (χ0v) is 10.3. The molecule has 0 aliphatic rings. The Labute approximate surface area is 100 Å². The standard InChI is InChI=1S/C13H16N2O2/c1-4-10-12(14)13(17-15-10)9-6-5-8(2)7-11(9)16-3/h5-7H,4,14H2,1-3H3. The normalized spacial score (nSPS) is 10.5. The molecule has 0 fully saturated rings. The van der Waals surface area contributed by atoms with Gasteiger partial charge in [-0.2, -0.15) is 0 Å². The highest BCUT2D eigenvalue weighted by molar-refractivity contribution is 5.77. The smallest absolute Gasteiger partial charge is 0.193 e. The number of nitrogens with two attached hydrogens (primary N) is 1. The maximum Gasteiger partial charge on any atom is 0.193 e. The van der Waals surface area contributed by atoms with Crippen LogP contribution in [0.1, 0.15) is 18.2 Å². The highest BCUT2D eigenvalue weighted by Gasteiger charge is 2.17. The van der Waals surface area contributed by atoms with Crippen molar-refractivity contribution in [1.29, 1.82) is 0 Å². The predicted molar refractivity (Wildman–Crippen MR) is 67.0 cm³/mol. The highest BCUT2D eigenvalue weighted by Crippen LogP contribution is 2.35. The number of benzene rings is 1. The van der Waals surface area contributed by atoms with Crippen molar-refractivity contribution in [3.05, 3.63) is 29.5 Å². The average Bonchev–Trinajstić information content (AvgIpc) is 2.70. The number of aromatic nitrogens is 1. The maximum atomic E-state index is 6.00.